The minimum absolute atomic E-state index is 0.241. The summed E-state index contributed by atoms with van der Waals surface area (Å²) in [6, 6.07) is 16.7. The number of para-hydroxylation sites is 1. The fourth-order valence-electron chi connectivity index (χ4n) is 3.08. The zero-order valence-corrected chi connectivity index (χ0v) is 18.7. The number of carbonyl (C=O) groups excluding carboxylic acids is 1. The van der Waals surface area contributed by atoms with E-state index < -0.39 is 0 Å². The Morgan fingerprint density at radius 2 is 1.97 bits per heavy atom. The Bertz CT molecular complexity index is 1200. The number of ether oxygens (including phenoxy) is 2. The van der Waals surface area contributed by atoms with Gasteiger partial charge in [0, 0.05) is 10.7 Å². The van der Waals surface area contributed by atoms with Crippen LogP contribution in [-0.2, 0) is 6.54 Å². The predicted octanol–water partition coefficient (Wildman–Crippen LogP) is 5.32. The van der Waals surface area contributed by atoms with Crippen LogP contribution in [0.2, 0.25) is 0 Å². The molecule has 2 aromatic carbocycles. The van der Waals surface area contributed by atoms with Gasteiger partial charge in [0.1, 0.15) is 0 Å². The Morgan fingerprint density at radius 1 is 1.10 bits per heavy atom. The highest BCUT2D eigenvalue weighted by molar-refractivity contribution is 9.10. The maximum atomic E-state index is 13.7. The van der Waals surface area contributed by atoms with Gasteiger partial charge < -0.3 is 9.47 Å². The van der Waals surface area contributed by atoms with Crippen LogP contribution in [0.25, 0.3) is 10.2 Å². The van der Waals surface area contributed by atoms with E-state index in [1.54, 1.807) is 36.4 Å². The smallest absolute Gasteiger partial charge is 0.264 e. The highest BCUT2D eigenvalue weighted by Crippen LogP contribution is 2.36. The van der Waals surface area contributed by atoms with E-state index in [0.717, 1.165) is 20.4 Å². The lowest BCUT2D eigenvalue weighted by Gasteiger charge is -2.21. The molecule has 2 aromatic heterocycles. The molecule has 4 aromatic rings. The normalized spacial score (nSPS) is 10.8. The first kappa shape index (κ1) is 20.3. The first-order chi connectivity index (χ1) is 14.6. The molecular weight excluding hydrogens is 466 g/mol. The van der Waals surface area contributed by atoms with Crippen LogP contribution in [0.15, 0.2) is 65.3 Å². The maximum absolute atomic E-state index is 13.7. The van der Waals surface area contributed by atoms with Crippen LogP contribution in [0.4, 0.5) is 5.13 Å². The number of rotatable bonds is 6. The minimum Gasteiger partial charge on any atom is -0.493 e. The molecule has 2 heterocycles. The molecule has 0 saturated carbocycles. The summed E-state index contributed by atoms with van der Waals surface area (Å²) in [5.41, 5.74) is 1.98. The van der Waals surface area contributed by atoms with Gasteiger partial charge in [-0.2, -0.15) is 0 Å². The van der Waals surface area contributed by atoms with Crippen molar-refractivity contribution in [2.75, 3.05) is 19.1 Å². The number of carbonyl (C=O) groups is 1. The third-order valence-electron chi connectivity index (χ3n) is 4.49. The number of hydrogen-bond acceptors (Lipinski definition) is 6. The number of amides is 1. The number of nitrogens with zero attached hydrogens (tertiary/aromatic N) is 3. The molecule has 0 atom stereocenters. The number of anilines is 1. The van der Waals surface area contributed by atoms with Gasteiger partial charge in [-0.25, -0.2) is 4.98 Å². The summed E-state index contributed by atoms with van der Waals surface area (Å²) in [6.45, 7) is 0.279. The van der Waals surface area contributed by atoms with Crippen molar-refractivity contribution in [2.24, 2.45) is 0 Å². The van der Waals surface area contributed by atoms with E-state index in [2.05, 4.69) is 20.9 Å². The monoisotopic (exact) mass is 483 g/mol. The summed E-state index contributed by atoms with van der Waals surface area (Å²) in [6.07, 6.45) is 1.71. The summed E-state index contributed by atoms with van der Waals surface area (Å²) in [5, 5.41) is 0.587. The van der Waals surface area contributed by atoms with Crippen molar-refractivity contribution in [3.63, 3.8) is 0 Å². The van der Waals surface area contributed by atoms with E-state index in [1.807, 2.05) is 36.4 Å². The molecule has 0 aliphatic heterocycles. The van der Waals surface area contributed by atoms with Crippen molar-refractivity contribution in [1.82, 2.24) is 9.97 Å². The molecule has 1 amide bonds. The van der Waals surface area contributed by atoms with Gasteiger partial charge in [0.05, 0.1) is 42.2 Å². The molecule has 30 heavy (non-hydrogen) atoms. The lowest BCUT2D eigenvalue weighted by atomic mass is 10.1. The molecule has 0 unspecified atom stereocenters. The van der Waals surface area contributed by atoms with Crippen LogP contribution in [0.5, 0.6) is 11.5 Å². The van der Waals surface area contributed by atoms with Crippen LogP contribution in [0, 0.1) is 0 Å². The number of fused-ring (bicyclic) bond motifs is 1. The molecule has 0 spiro atoms. The second-order valence-electron chi connectivity index (χ2n) is 6.36. The van der Waals surface area contributed by atoms with E-state index >= 15 is 0 Å². The lowest BCUT2D eigenvalue weighted by Crippen LogP contribution is -2.31. The average molecular weight is 484 g/mol. The van der Waals surface area contributed by atoms with Crippen molar-refractivity contribution in [2.45, 2.75) is 6.54 Å². The first-order valence-electron chi connectivity index (χ1n) is 9.09. The summed E-state index contributed by atoms with van der Waals surface area (Å²) in [4.78, 5) is 24.4. The number of hydrogen-bond donors (Lipinski definition) is 0. The minimum atomic E-state index is -0.241. The number of thiazole rings is 1. The largest absolute Gasteiger partial charge is 0.493 e. The SMILES string of the molecule is COc1cccc(C(=O)N(Cc2ccccn2)c2nc3ccc(Br)cc3s2)c1OC. The van der Waals surface area contributed by atoms with E-state index in [9.17, 15) is 4.79 Å². The quantitative estimate of drug-likeness (QED) is 0.371. The van der Waals surface area contributed by atoms with Crippen molar-refractivity contribution in [1.29, 1.82) is 0 Å². The maximum Gasteiger partial charge on any atom is 0.264 e. The van der Waals surface area contributed by atoms with Gasteiger partial charge in [-0.05, 0) is 42.5 Å². The molecule has 0 saturated heterocycles. The van der Waals surface area contributed by atoms with Gasteiger partial charge in [0.25, 0.3) is 5.91 Å². The Labute approximate surface area is 186 Å². The van der Waals surface area contributed by atoms with Crippen LogP contribution < -0.4 is 14.4 Å². The van der Waals surface area contributed by atoms with Gasteiger partial charge in [-0.15, -0.1) is 0 Å². The fraction of sp³-hybridized carbons (Fsp3) is 0.136. The molecule has 0 aliphatic rings. The number of pyridine rings is 1. The molecule has 4 rings (SSSR count). The molecule has 6 nitrogen and oxygen atoms in total. The zero-order chi connectivity index (χ0) is 21.1. The van der Waals surface area contributed by atoms with Gasteiger partial charge in [0.15, 0.2) is 16.6 Å². The van der Waals surface area contributed by atoms with Crippen molar-refractivity contribution in [3.05, 3.63) is 76.5 Å². The molecule has 152 valence electrons. The number of halogens is 1. The Hall–Kier alpha value is -2.97. The standard InChI is InChI=1S/C22H18BrN3O3S/c1-28-18-8-5-7-16(20(18)29-2)21(27)26(13-15-6-3-4-11-24-15)22-25-17-10-9-14(23)12-19(17)30-22/h3-12H,13H2,1-2H3. The number of methoxy groups -OCH3 is 2. The molecule has 0 bridgehead atoms. The first-order valence-corrected chi connectivity index (χ1v) is 10.7. The Morgan fingerprint density at radius 3 is 2.70 bits per heavy atom. The van der Waals surface area contributed by atoms with Crippen LogP contribution in [0.1, 0.15) is 16.1 Å². The third kappa shape index (κ3) is 4.01. The molecule has 0 radical (unpaired) electrons. The van der Waals surface area contributed by atoms with Crippen LogP contribution in [-0.4, -0.2) is 30.1 Å². The van der Waals surface area contributed by atoms with E-state index in [-0.39, 0.29) is 12.5 Å². The van der Waals surface area contributed by atoms with Crippen molar-refractivity contribution >= 4 is 48.5 Å². The number of benzene rings is 2. The second kappa shape index (κ2) is 8.81. The zero-order valence-electron chi connectivity index (χ0n) is 16.3. The highest BCUT2D eigenvalue weighted by atomic mass is 79.9. The average Bonchev–Trinajstić information content (AvgIpc) is 3.19. The van der Waals surface area contributed by atoms with E-state index in [4.69, 9.17) is 14.5 Å². The summed E-state index contributed by atoms with van der Waals surface area (Å²) >= 11 is 4.94. The molecule has 0 aliphatic carbocycles. The Balaban J connectivity index is 1.81. The fourth-order valence-corrected chi connectivity index (χ4v) is 4.60. The van der Waals surface area contributed by atoms with Crippen molar-refractivity contribution < 1.29 is 14.3 Å². The molecule has 0 fully saturated rings. The van der Waals surface area contributed by atoms with Crippen LogP contribution in [0.3, 0.4) is 0 Å². The second-order valence-corrected chi connectivity index (χ2v) is 8.29. The third-order valence-corrected chi connectivity index (χ3v) is 6.03. The molecule has 0 N–H and O–H groups in total. The van der Waals surface area contributed by atoms with Crippen molar-refractivity contribution in [3.8, 4) is 11.5 Å². The van der Waals surface area contributed by atoms with Gasteiger partial charge in [-0.3, -0.25) is 14.7 Å². The molecule has 8 heteroatoms. The van der Waals surface area contributed by atoms with Gasteiger partial charge in [0.2, 0.25) is 0 Å². The topological polar surface area (TPSA) is 64.5 Å². The van der Waals surface area contributed by atoms with E-state index in [1.165, 1.54) is 18.4 Å². The summed E-state index contributed by atoms with van der Waals surface area (Å²) in [5.74, 6) is 0.642. The van der Waals surface area contributed by atoms with Gasteiger partial charge in [-0.1, -0.05) is 39.4 Å². The number of aromatic nitrogens is 2. The summed E-state index contributed by atoms with van der Waals surface area (Å²) < 4.78 is 12.8. The Kier molecular flexibility index (Phi) is 5.96. The van der Waals surface area contributed by atoms with E-state index in [0.29, 0.717) is 22.2 Å². The lowest BCUT2D eigenvalue weighted by molar-refractivity contribution is 0.0981. The molecular formula is C22H18BrN3O3S. The highest BCUT2D eigenvalue weighted by Gasteiger charge is 2.26. The van der Waals surface area contributed by atoms with Crippen LogP contribution >= 0.6 is 27.3 Å². The van der Waals surface area contributed by atoms with Gasteiger partial charge >= 0.3 is 0 Å². The predicted molar refractivity (Wildman–Crippen MR) is 122 cm³/mol. The summed E-state index contributed by atoms with van der Waals surface area (Å²) in [7, 11) is 3.07.